The highest BCUT2D eigenvalue weighted by atomic mass is 79.9. The van der Waals surface area contributed by atoms with Gasteiger partial charge in [0.25, 0.3) is 5.56 Å². The van der Waals surface area contributed by atoms with E-state index < -0.39 is 0 Å². The molecule has 0 bridgehead atoms. The molecule has 0 aliphatic rings. The van der Waals surface area contributed by atoms with Gasteiger partial charge < -0.3 is 14.2 Å². The summed E-state index contributed by atoms with van der Waals surface area (Å²) >= 11 is 4.40. The van der Waals surface area contributed by atoms with Crippen molar-refractivity contribution in [3.8, 4) is 28.4 Å². The molecule has 2 heterocycles. The van der Waals surface area contributed by atoms with E-state index in [2.05, 4.69) is 36.0 Å². The van der Waals surface area contributed by atoms with E-state index in [9.17, 15) is 9.18 Å². The zero-order valence-corrected chi connectivity index (χ0v) is 18.0. The SMILES string of the molecule is COc1ccc(-c2cc(=O)[nH]c(SCc3nc(-c4ccc(F)c(Br)c4)no3)n2)cc1. The molecule has 30 heavy (non-hydrogen) atoms. The maximum Gasteiger partial charge on any atom is 0.252 e. The van der Waals surface area contributed by atoms with Crippen LogP contribution >= 0.6 is 27.7 Å². The minimum atomic E-state index is -0.371. The summed E-state index contributed by atoms with van der Waals surface area (Å²) in [4.78, 5) is 23.5. The number of aromatic amines is 1. The van der Waals surface area contributed by atoms with Crippen LogP contribution in [0.3, 0.4) is 0 Å². The second kappa shape index (κ2) is 8.80. The highest BCUT2D eigenvalue weighted by molar-refractivity contribution is 9.10. The number of halogens is 2. The summed E-state index contributed by atoms with van der Waals surface area (Å²) in [5.74, 6) is 1.36. The molecule has 4 rings (SSSR count). The quantitative estimate of drug-likeness (QED) is 0.310. The van der Waals surface area contributed by atoms with Crippen LogP contribution in [0.15, 0.2) is 67.5 Å². The third-order valence-corrected chi connectivity index (χ3v) is 5.55. The van der Waals surface area contributed by atoms with E-state index in [0.717, 1.165) is 11.3 Å². The van der Waals surface area contributed by atoms with Crippen molar-refractivity contribution in [2.75, 3.05) is 7.11 Å². The first-order chi connectivity index (χ1) is 14.5. The highest BCUT2D eigenvalue weighted by Crippen LogP contribution is 2.26. The van der Waals surface area contributed by atoms with Gasteiger partial charge >= 0.3 is 0 Å². The second-order valence-corrected chi connectivity index (χ2v) is 7.91. The van der Waals surface area contributed by atoms with Gasteiger partial charge in [-0.15, -0.1) is 0 Å². The number of benzene rings is 2. The van der Waals surface area contributed by atoms with E-state index in [0.29, 0.717) is 38.4 Å². The zero-order valence-electron chi connectivity index (χ0n) is 15.6. The van der Waals surface area contributed by atoms with Gasteiger partial charge in [-0.1, -0.05) is 16.9 Å². The topological polar surface area (TPSA) is 93.9 Å². The molecule has 2 aromatic carbocycles. The fraction of sp³-hybridized carbons (Fsp3) is 0.100. The van der Waals surface area contributed by atoms with Gasteiger partial charge in [0.05, 0.1) is 23.0 Å². The van der Waals surface area contributed by atoms with Crippen LogP contribution in [-0.4, -0.2) is 27.2 Å². The van der Waals surface area contributed by atoms with Crippen LogP contribution < -0.4 is 10.3 Å². The van der Waals surface area contributed by atoms with E-state index in [4.69, 9.17) is 9.26 Å². The van der Waals surface area contributed by atoms with E-state index in [-0.39, 0.29) is 11.4 Å². The number of nitrogens with zero attached hydrogens (tertiary/aromatic N) is 3. The molecule has 0 amide bonds. The number of H-pyrrole nitrogens is 1. The summed E-state index contributed by atoms with van der Waals surface area (Å²) < 4.78 is 24.1. The zero-order chi connectivity index (χ0) is 21.1. The third-order valence-electron chi connectivity index (χ3n) is 4.08. The molecule has 0 saturated carbocycles. The Morgan fingerprint density at radius 2 is 1.90 bits per heavy atom. The minimum absolute atomic E-state index is 0.263. The Labute approximate surface area is 182 Å². The number of aromatic nitrogens is 4. The number of rotatable bonds is 6. The van der Waals surface area contributed by atoms with Crippen molar-refractivity contribution in [2.24, 2.45) is 0 Å². The van der Waals surface area contributed by atoms with E-state index in [1.54, 1.807) is 31.4 Å². The van der Waals surface area contributed by atoms with Gasteiger partial charge in [0.2, 0.25) is 11.7 Å². The number of ether oxygens (including phenoxy) is 1. The van der Waals surface area contributed by atoms with Gasteiger partial charge in [0.15, 0.2) is 5.16 Å². The van der Waals surface area contributed by atoms with Crippen molar-refractivity contribution in [2.45, 2.75) is 10.9 Å². The minimum Gasteiger partial charge on any atom is -0.497 e. The monoisotopic (exact) mass is 488 g/mol. The van der Waals surface area contributed by atoms with Crippen molar-refractivity contribution >= 4 is 27.7 Å². The Morgan fingerprint density at radius 1 is 1.13 bits per heavy atom. The fourth-order valence-corrected chi connectivity index (χ4v) is 3.70. The Morgan fingerprint density at radius 3 is 2.63 bits per heavy atom. The summed E-state index contributed by atoms with van der Waals surface area (Å²) in [5, 5.41) is 4.35. The lowest BCUT2D eigenvalue weighted by Gasteiger charge is -2.04. The molecule has 0 spiro atoms. The molecule has 0 radical (unpaired) electrons. The third kappa shape index (κ3) is 4.60. The lowest BCUT2D eigenvalue weighted by molar-refractivity contribution is 0.391. The van der Waals surface area contributed by atoms with Crippen LogP contribution in [0.5, 0.6) is 5.75 Å². The standard InChI is InChI=1S/C20H14BrFN4O3S/c1-28-13-5-2-11(3-6-13)16-9-17(27)24-20(23-16)30-10-18-25-19(26-29-18)12-4-7-15(22)14(21)8-12/h2-9H,10H2,1H3,(H,23,24,27). The smallest absolute Gasteiger partial charge is 0.252 e. The molecule has 0 atom stereocenters. The highest BCUT2D eigenvalue weighted by Gasteiger charge is 2.12. The average molecular weight is 489 g/mol. The molecule has 10 heteroatoms. The molecular formula is C20H14BrFN4O3S. The molecule has 0 fully saturated rings. The van der Waals surface area contributed by atoms with E-state index >= 15 is 0 Å². The number of hydrogen-bond donors (Lipinski definition) is 1. The summed E-state index contributed by atoms with van der Waals surface area (Å²) in [6, 6.07) is 13.2. The summed E-state index contributed by atoms with van der Waals surface area (Å²) in [5.41, 5.74) is 1.70. The van der Waals surface area contributed by atoms with Crippen molar-refractivity contribution in [3.63, 3.8) is 0 Å². The molecule has 0 unspecified atom stereocenters. The maximum atomic E-state index is 13.4. The largest absolute Gasteiger partial charge is 0.497 e. The molecule has 7 nitrogen and oxygen atoms in total. The van der Waals surface area contributed by atoms with Crippen LogP contribution in [0.25, 0.3) is 22.6 Å². The Balaban J connectivity index is 1.50. The number of methoxy groups -OCH3 is 1. The molecule has 0 saturated heterocycles. The van der Waals surface area contributed by atoms with Crippen molar-refractivity contribution in [1.29, 1.82) is 0 Å². The van der Waals surface area contributed by atoms with Gasteiger partial charge in [-0.3, -0.25) is 4.79 Å². The molecule has 1 N–H and O–H groups in total. The van der Waals surface area contributed by atoms with Crippen LogP contribution in [0.1, 0.15) is 5.89 Å². The Bertz CT molecular complexity index is 1240. The van der Waals surface area contributed by atoms with Crippen molar-refractivity contribution < 1.29 is 13.7 Å². The molecule has 152 valence electrons. The lowest BCUT2D eigenvalue weighted by atomic mass is 10.1. The normalized spacial score (nSPS) is 10.9. The maximum absolute atomic E-state index is 13.4. The van der Waals surface area contributed by atoms with E-state index in [1.165, 1.54) is 23.9 Å². The number of nitrogens with one attached hydrogen (secondary N) is 1. The molecule has 0 aliphatic heterocycles. The summed E-state index contributed by atoms with van der Waals surface area (Å²) in [7, 11) is 1.59. The van der Waals surface area contributed by atoms with Crippen LogP contribution in [0.4, 0.5) is 4.39 Å². The predicted molar refractivity (Wildman–Crippen MR) is 114 cm³/mol. The Hall–Kier alpha value is -2.98. The van der Waals surface area contributed by atoms with Crippen LogP contribution in [0, 0.1) is 5.82 Å². The first kappa shape index (κ1) is 20.3. The molecule has 2 aromatic heterocycles. The Kier molecular flexibility index (Phi) is 5.96. The van der Waals surface area contributed by atoms with Gasteiger partial charge in [0, 0.05) is 17.2 Å². The van der Waals surface area contributed by atoms with Crippen LogP contribution in [0.2, 0.25) is 0 Å². The lowest BCUT2D eigenvalue weighted by Crippen LogP contribution is -2.08. The average Bonchev–Trinajstić information content (AvgIpc) is 3.23. The summed E-state index contributed by atoms with van der Waals surface area (Å²) in [6.45, 7) is 0. The van der Waals surface area contributed by atoms with Gasteiger partial charge in [0.1, 0.15) is 11.6 Å². The van der Waals surface area contributed by atoms with Crippen molar-refractivity contribution in [3.05, 3.63) is 75.1 Å². The molecular weight excluding hydrogens is 475 g/mol. The number of thioether (sulfide) groups is 1. The molecule has 0 aliphatic carbocycles. The van der Waals surface area contributed by atoms with Crippen LogP contribution in [-0.2, 0) is 5.75 Å². The molecule has 4 aromatic rings. The first-order valence-electron chi connectivity index (χ1n) is 8.68. The predicted octanol–water partition coefficient (Wildman–Crippen LogP) is 4.69. The van der Waals surface area contributed by atoms with Gasteiger partial charge in [-0.05, 0) is 58.4 Å². The second-order valence-electron chi connectivity index (χ2n) is 6.09. The van der Waals surface area contributed by atoms with Crippen molar-refractivity contribution in [1.82, 2.24) is 20.1 Å². The number of hydrogen-bond acceptors (Lipinski definition) is 7. The first-order valence-corrected chi connectivity index (χ1v) is 10.5. The van der Waals surface area contributed by atoms with Gasteiger partial charge in [-0.2, -0.15) is 4.98 Å². The summed E-state index contributed by atoms with van der Waals surface area (Å²) in [6.07, 6.45) is 0. The fourth-order valence-electron chi connectivity index (χ4n) is 2.61. The van der Waals surface area contributed by atoms with E-state index in [1.807, 2.05) is 12.1 Å². The van der Waals surface area contributed by atoms with Gasteiger partial charge in [-0.25, -0.2) is 9.37 Å².